The summed E-state index contributed by atoms with van der Waals surface area (Å²) in [5.41, 5.74) is 7.53. The molecule has 4 heteroatoms. The highest BCUT2D eigenvalue weighted by atomic mass is 16.2. The number of aliphatic hydroxyl groups excluding tert-OH is 1. The molecule has 1 atom stereocenters. The smallest absolute Gasteiger partial charge is 0.220 e. The fourth-order valence-corrected chi connectivity index (χ4v) is 2.11. The summed E-state index contributed by atoms with van der Waals surface area (Å²) in [7, 11) is 0. The second-order valence-electron chi connectivity index (χ2n) is 5.26. The first-order chi connectivity index (χ1) is 9.63. The van der Waals surface area contributed by atoms with Crippen LogP contribution in [0.25, 0.3) is 0 Å². The molecule has 1 amide bonds. The lowest BCUT2D eigenvalue weighted by Gasteiger charge is -2.12. The Morgan fingerprint density at radius 2 is 1.85 bits per heavy atom. The second kappa shape index (κ2) is 9.37. The third-order valence-electron chi connectivity index (χ3n) is 3.40. The SMILES string of the molecule is CC(CC(=O)NCCCCCCO)c1ccc(N)cc1. The number of benzene rings is 1. The normalized spacial score (nSPS) is 12.1. The number of carbonyl (C=O) groups is 1. The minimum atomic E-state index is 0.0940. The van der Waals surface area contributed by atoms with Crippen molar-refractivity contribution in [1.29, 1.82) is 0 Å². The van der Waals surface area contributed by atoms with Gasteiger partial charge in [0.2, 0.25) is 5.91 Å². The van der Waals surface area contributed by atoms with Gasteiger partial charge in [-0.3, -0.25) is 4.79 Å². The number of amides is 1. The molecule has 0 radical (unpaired) electrons. The van der Waals surface area contributed by atoms with Gasteiger partial charge in [-0.2, -0.15) is 0 Å². The molecule has 1 aromatic carbocycles. The Balaban J connectivity index is 2.19. The Kier molecular flexibility index (Phi) is 7.73. The monoisotopic (exact) mass is 278 g/mol. The summed E-state index contributed by atoms with van der Waals surface area (Å²) in [6.45, 7) is 3.02. The van der Waals surface area contributed by atoms with Crippen LogP contribution in [-0.4, -0.2) is 24.2 Å². The van der Waals surface area contributed by atoms with Crippen molar-refractivity contribution in [3.63, 3.8) is 0 Å². The Morgan fingerprint density at radius 3 is 2.50 bits per heavy atom. The zero-order chi connectivity index (χ0) is 14.8. The molecule has 0 fully saturated rings. The van der Waals surface area contributed by atoms with Crippen LogP contribution in [0.2, 0.25) is 0 Å². The Bertz CT molecular complexity index is 390. The van der Waals surface area contributed by atoms with Crippen molar-refractivity contribution in [3.8, 4) is 0 Å². The highest BCUT2D eigenvalue weighted by Gasteiger charge is 2.10. The summed E-state index contributed by atoms with van der Waals surface area (Å²) in [4.78, 5) is 11.8. The fraction of sp³-hybridized carbons (Fsp3) is 0.562. The third kappa shape index (κ3) is 6.57. The van der Waals surface area contributed by atoms with Crippen LogP contribution in [0.4, 0.5) is 5.69 Å². The number of hydrogen-bond acceptors (Lipinski definition) is 3. The minimum absolute atomic E-state index is 0.0940. The van der Waals surface area contributed by atoms with E-state index in [1.54, 1.807) is 0 Å². The quantitative estimate of drug-likeness (QED) is 0.479. The van der Waals surface area contributed by atoms with Gasteiger partial charge >= 0.3 is 0 Å². The van der Waals surface area contributed by atoms with E-state index in [1.165, 1.54) is 0 Å². The molecule has 4 nitrogen and oxygen atoms in total. The molecule has 0 bridgehead atoms. The molecule has 0 heterocycles. The van der Waals surface area contributed by atoms with Crippen LogP contribution in [0.15, 0.2) is 24.3 Å². The number of nitrogens with two attached hydrogens (primary N) is 1. The van der Waals surface area contributed by atoms with E-state index in [4.69, 9.17) is 10.8 Å². The van der Waals surface area contributed by atoms with Gasteiger partial charge in [0.1, 0.15) is 0 Å². The lowest BCUT2D eigenvalue weighted by molar-refractivity contribution is -0.121. The molecule has 0 aliphatic heterocycles. The van der Waals surface area contributed by atoms with Crippen LogP contribution in [0, 0.1) is 0 Å². The maximum Gasteiger partial charge on any atom is 0.220 e. The Hall–Kier alpha value is -1.55. The summed E-state index contributed by atoms with van der Waals surface area (Å²) in [5.74, 6) is 0.293. The molecule has 0 spiro atoms. The summed E-state index contributed by atoms with van der Waals surface area (Å²) in [5, 5.41) is 11.6. The zero-order valence-corrected chi connectivity index (χ0v) is 12.3. The van der Waals surface area contributed by atoms with Crippen molar-refractivity contribution in [2.75, 3.05) is 18.9 Å². The standard InChI is InChI=1S/C16H26N2O2/c1-13(14-6-8-15(17)9-7-14)12-16(20)18-10-4-2-3-5-11-19/h6-9,13,19H,2-5,10-12,17H2,1H3,(H,18,20). The summed E-state index contributed by atoms with van der Waals surface area (Å²) >= 11 is 0. The van der Waals surface area contributed by atoms with Gasteiger partial charge in [0, 0.05) is 25.3 Å². The molecule has 0 aliphatic carbocycles. The van der Waals surface area contributed by atoms with Gasteiger partial charge in [-0.1, -0.05) is 31.9 Å². The van der Waals surface area contributed by atoms with Crippen LogP contribution >= 0.6 is 0 Å². The van der Waals surface area contributed by atoms with E-state index >= 15 is 0 Å². The molecule has 1 aromatic rings. The van der Waals surface area contributed by atoms with Gasteiger partial charge in [0.15, 0.2) is 0 Å². The minimum Gasteiger partial charge on any atom is -0.399 e. The van der Waals surface area contributed by atoms with Crippen LogP contribution in [-0.2, 0) is 4.79 Å². The molecule has 0 aliphatic rings. The first kappa shape index (κ1) is 16.5. The van der Waals surface area contributed by atoms with Crippen molar-refractivity contribution in [2.45, 2.75) is 44.9 Å². The Morgan fingerprint density at radius 1 is 1.20 bits per heavy atom. The number of nitrogen functional groups attached to an aromatic ring is 1. The fourth-order valence-electron chi connectivity index (χ4n) is 2.11. The Labute approximate surface area is 121 Å². The average Bonchev–Trinajstić information content (AvgIpc) is 2.43. The molecule has 0 saturated carbocycles. The topological polar surface area (TPSA) is 75.3 Å². The number of rotatable bonds is 9. The van der Waals surface area contributed by atoms with Crippen molar-refractivity contribution >= 4 is 11.6 Å². The zero-order valence-electron chi connectivity index (χ0n) is 12.3. The second-order valence-corrected chi connectivity index (χ2v) is 5.26. The number of carbonyl (C=O) groups excluding carboxylic acids is 1. The van der Waals surface area contributed by atoms with E-state index in [0.717, 1.165) is 43.5 Å². The van der Waals surface area contributed by atoms with E-state index in [1.807, 2.05) is 31.2 Å². The number of unbranched alkanes of at least 4 members (excludes halogenated alkanes) is 3. The highest BCUT2D eigenvalue weighted by Crippen LogP contribution is 2.19. The largest absolute Gasteiger partial charge is 0.399 e. The molecular formula is C16H26N2O2. The van der Waals surface area contributed by atoms with Crippen LogP contribution < -0.4 is 11.1 Å². The molecule has 4 N–H and O–H groups in total. The molecule has 1 rings (SSSR count). The number of aliphatic hydroxyl groups is 1. The van der Waals surface area contributed by atoms with E-state index in [9.17, 15) is 4.79 Å². The lowest BCUT2D eigenvalue weighted by Crippen LogP contribution is -2.25. The predicted octanol–water partition coefficient (Wildman–Crippen LogP) is 2.43. The summed E-state index contributed by atoms with van der Waals surface area (Å²) < 4.78 is 0. The maximum atomic E-state index is 11.8. The first-order valence-corrected chi connectivity index (χ1v) is 7.36. The molecule has 0 aromatic heterocycles. The van der Waals surface area contributed by atoms with Gasteiger partial charge < -0.3 is 16.2 Å². The van der Waals surface area contributed by atoms with E-state index in [0.29, 0.717) is 6.42 Å². The van der Waals surface area contributed by atoms with Gasteiger partial charge in [-0.05, 0) is 36.5 Å². The molecular weight excluding hydrogens is 252 g/mol. The summed E-state index contributed by atoms with van der Waals surface area (Å²) in [6, 6.07) is 7.68. The van der Waals surface area contributed by atoms with Crippen molar-refractivity contribution < 1.29 is 9.90 Å². The highest BCUT2D eigenvalue weighted by molar-refractivity contribution is 5.76. The van der Waals surface area contributed by atoms with Gasteiger partial charge in [-0.25, -0.2) is 0 Å². The van der Waals surface area contributed by atoms with Gasteiger partial charge in [-0.15, -0.1) is 0 Å². The van der Waals surface area contributed by atoms with Crippen molar-refractivity contribution in [1.82, 2.24) is 5.32 Å². The maximum absolute atomic E-state index is 11.8. The average molecular weight is 278 g/mol. The molecule has 0 saturated heterocycles. The van der Waals surface area contributed by atoms with Gasteiger partial charge in [0.25, 0.3) is 0 Å². The number of anilines is 1. The van der Waals surface area contributed by atoms with E-state index in [2.05, 4.69) is 5.32 Å². The van der Waals surface area contributed by atoms with E-state index in [-0.39, 0.29) is 18.4 Å². The van der Waals surface area contributed by atoms with Crippen LogP contribution in [0.3, 0.4) is 0 Å². The third-order valence-corrected chi connectivity index (χ3v) is 3.40. The first-order valence-electron chi connectivity index (χ1n) is 7.36. The van der Waals surface area contributed by atoms with Crippen molar-refractivity contribution in [3.05, 3.63) is 29.8 Å². The van der Waals surface area contributed by atoms with Crippen molar-refractivity contribution in [2.24, 2.45) is 0 Å². The predicted molar refractivity (Wildman–Crippen MR) is 82.4 cm³/mol. The lowest BCUT2D eigenvalue weighted by atomic mass is 9.97. The van der Waals surface area contributed by atoms with Crippen LogP contribution in [0.1, 0.15) is 50.5 Å². The van der Waals surface area contributed by atoms with Gasteiger partial charge in [0.05, 0.1) is 0 Å². The van der Waals surface area contributed by atoms with E-state index < -0.39 is 0 Å². The molecule has 1 unspecified atom stereocenters. The number of hydrogen-bond donors (Lipinski definition) is 3. The van der Waals surface area contributed by atoms with Crippen LogP contribution in [0.5, 0.6) is 0 Å². The summed E-state index contributed by atoms with van der Waals surface area (Å²) in [6.07, 6.45) is 4.40. The molecule has 20 heavy (non-hydrogen) atoms. The number of nitrogens with one attached hydrogen (secondary N) is 1. The molecule has 112 valence electrons.